The molecule has 0 spiro atoms. The molecule has 0 N–H and O–H groups in total. The Kier molecular flexibility index (Phi) is 6.01. The van der Waals surface area contributed by atoms with E-state index in [0.29, 0.717) is 43.4 Å². The van der Waals surface area contributed by atoms with Gasteiger partial charge in [0.15, 0.2) is 0 Å². The van der Waals surface area contributed by atoms with Crippen molar-refractivity contribution in [1.29, 1.82) is 0 Å². The van der Waals surface area contributed by atoms with Crippen LogP contribution in [0, 0.1) is 13.8 Å². The van der Waals surface area contributed by atoms with E-state index < -0.39 is 0 Å². The van der Waals surface area contributed by atoms with Crippen LogP contribution in [0.15, 0.2) is 18.3 Å². The van der Waals surface area contributed by atoms with Crippen LogP contribution >= 0.6 is 11.3 Å². The van der Waals surface area contributed by atoms with Gasteiger partial charge >= 0.3 is 0 Å². The van der Waals surface area contributed by atoms with Crippen LogP contribution in [-0.4, -0.2) is 75.2 Å². The lowest BCUT2D eigenvalue weighted by Gasteiger charge is -2.33. The molecule has 31 heavy (non-hydrogen) atoms. The molecule has 2 amide bonds. The number of pyridine rings is 1. The average Bonchev–Trinajstić information content (AvgIpc) is 3.30. The molecule has 164 valence electrons. The highest BCUT2D eigenvalue weighted by atomic mass is 32.1. The molecule has 10 heteroatoms. The summed E-state index contributed by atoms with van der Waals surface area (Å²) in [5.74, 6) is 1.46. The van der Waals surface area contributed by atoms with Gasteiger partial charge in [-0.05, 0) is 19.9 Å². The monoisotopic (exact) mass is 442 g/mol. The molecule has 1 aliphatic rings. The zero-order chi connectivity index (χ0) is 22.1. The highest BCUT2D eigenvalue weighted by molar-refractivity contribution is 7.20. The number of morpholine rings is 1. The van der Waals surface area contributed by atoms with Crippen LogP contribution in [0.5, 0.6) is 0 Å². The Morgan fingerprint density at radius 3 is 2.84 bits per heavy atom. The molecule has 3 aromatic rings. The summed E-state index contributed by atoms with van der Waals surface area (Å²) in [6, 6.07) is 3.82. The zero-order valence-corrected chi connectivity index (χ0v) is 19.0. The Hall–Kier alpha value is -2.85. The molecule has 4 rings (SSSR count). The van der Waals surface area contributed by atoms with E-state index >= 15 is 0 Å². The number of carbonyl (C=O) groups is 2. The second kappa shape index (κ2) is 8.72. The average molecular weight is 443 g/mol. The molecule has 0 aromatic carbocycles. The highest BCUT2D eigenvalue weighted by Gasteiger charge is 2.32. The summed E-state index contributed by atoms with van der Waals surface area (Å²) in [4.78, 5) is 39.3. The van der Waals surface area contributed by atoms with Crippen molar-refractivity contribution in [3.05, 3.63) is 40.4 Å². The van der Waals surface area contributed by atoms with Crippen molar-refractivity contribution in [3.63, 3.8) is 0 Å². The third-order valence-corrected chi connectivity index (χ3v) is 6.46. The van der Waals surface area contributed by atoms with Crippen LogP contribution in [0.1, 0.15) is 39.4 Å². The summed E-state index contributed by atoms with van der Waals surface area (Å²) in [5, 5.41) is 5.24. The van der Waals surface area contributed by atoms with Gasteiger partial charge in [-0.25, -0.2) is 14.6 Å². The molecule has 0 aliphatic carbocycles. The summed E-state index contributed by atoms with van der Waals surface area (Å²) in [7, 11) is 3.46. The van der Waals surface area contributed by atoms with Crippen LogP contribution in [0.3, 0.4) is 0 Å². The molecule has 0 bridgehead atoms. The van der Waals surface area contributed by atoms with Crippen molar-refractivity contribution < 1.29 is 14.3 Å². The maximum Gasteiger partial charge on any atom is 0.263 e. The Balaban J connectivity index is 1.55. The third-order valence-electron chi connectivity index (χ3n) is 5.35. The van der Waals surface area contributed by atoms with Gasteiger partial charge in [0.2, 0.25) is 5.91 Å². The number of nitrogens with zero attached hydrogens (tertiary/aromatic N) is 6. The SMILES string of the molecule is Cc1nc(C)n(CCC(=O)N2CCOC(c3c(C(=O)N(C)C)sc4ncccc34)C2)n1. The number of amides is 2. The van der Waals surface area contributed by atoms with Gasteiger partial charge in [-0.3, -0.25) is 9.59 Å². The number of hydrogen-bond donors (Lipinski definition) is 0. The summed E-state index contributed by atoms with van der Waals surface area (Å²) in [6.07, 6.45) is 1.69. The van der Waals surface area contributed by atoms with Gasteiger partial charge in [-0.1, -0.05) is 6.07 Å². The predicted octanol–water partition coefficient (Wildman–Crippen LogP) is 2.20. The topological polar surface area (TPSA) is 93.5 Å². The van der Waals surface area contributed by atoms with Crippen LogP contribution < -0.4 is 0 Å². The van der Waals surface area contributed by atoms with E-state index in [1.807, 2.05) is 30.9 Å². The van der Waals surface area contributed by atoms with Crippen molar-refractivity contribution in [1.82, 2.24) is 29.5 Å². The fourth-order valence-electron chi connectivity index (χ4n) is 3.82. The van der Waals surface area contributed by atoms with E-state index in [2.05, 4.69) is 15.1 Å². The van der Waals surface area contributed by atoms with Gasteiger partial charge in [0, 0.05) is 44.2 Å². The van der Waals surface area contributed by atoms with Gasteiger partial charge in [0.05, 0.1) is 19.7 Å². The summed E-state index contributed by atoms with van der Waals surface area (Å²) < 4.78 is 7.81. The van der Waals surface area contributed by atoms with Crippen molar-refractivity contribution in [2.45, 2.75) is 32.9 Å². The van der Waals surface area contributed by atoms with Crippen molar-refractivity contribution >= 4 is 33.4 Å². The van der Waals surface area contributed by atoms with Gasteiger partial charge < -0.3 is 14.5 Å². The number of aromatic nitrogens is 4. The Bertz CT molecular complexity index is 1120. The molecule has 3 aromatic heterocycles. The first-order valence-electron chi connectivity index (χ1n) is 10.2. The minimum absolute atomic E-state index is 0.0407. The number of carbonyl (C=O) groups excluding carboxylic acids is 2. The van der Waals surface area contributed by atoms with Gasteiger partial charge in [-0.15, -0.1) is 11.3 Å². The Morgan fingerprint density at radius 1 is 1.32 bits per heavy atom. The molecule has 0 saturated carbocycles. The quantitative estimate of drug-likeness (QED) is 0.601. The number of fused-ring (bicyclic) bond motifs is 1. The molecule has 1 atom stereocenters. The molecule has 1 saturated heterocycles. The second-order valence-corrected chi connectivity index (χ2v) is 8.78. The highest BCUT2D eigenvalue weighted by Crippen LogP contribution is 2.37. The van der Waals surface area contributed by atoms with E-state index in [9.17, 15) is 9.59 Å². The van der Waals surface area contributed by atoms with E-state index in [0.717, 1.165) is 21.6 Å². The first-order valence-corrected chi connectivity index (χ1v) is 11.0. The molecule has 1 aliphatic heterocycles. The fraction of sp³-hybridized carbons (Fsp3) is 0.476. The fourth-order valence-corrected chi connectivity index (χ4v) is 5.03. The second-order valence-electron chi connectivity index (χ2n) is 7.78. The molecule has 4 heterocycles. The van der Waals surface area contributed by atoms with Crippen LogP contribution in [0.4, 0.5) is 0 Å². The van der Waals surface area contributed by atoms with Crippen molar-refractivity contribution in [3.8, 4) is 0 Å². The lowest BCUT2D eigenvalue weighted by Crippen LogP contribution is -2.43. The lowest BCUT2D eigenvalue weighted by molar-refractivity contribution is -0.139. The number of hydrogen-bond acceptors (Lipinski definition) is 7. The molecule has 1 unspecified atom stereocenters. The minimum atomic E-state index is -0.370. The zero-order valence-electron chi connectivity index (χ0n) is 18.2. The molecular weight excluding hydrogens is 416 g/mol. The Morgan fingerprint density at radius 2 is 2.13 bits per heavy atom. The molecule has 1 fully saturated rings. The van der Waals surface area contributed by atoms with Crippen LogP contribution in [-0.2, 0) is 16.1 Å². The minimum Gasteiger partial charge on any atom is -0.370 e. The van der Waals surface area contributed by atoms with E-state index in [1.165, 1.54) is 11.3 Å². The molecule has 9 nitrogen and oxygen atoms in total. The largest absolute Gasteiger partial charge is 0.370 e. The lowest BCUT2D eigenvalue weighted by atomic mass is 10.0. The van der Waals surface area contributed by atoms with Crippen LogP contribution in [0.25, 0.3) is 10.2 Å². The number of aryl methyl sites for hydroxylation is 3. The maximum atomic E-state index is 12.9. The van der Waals surface area contributed by atoms with Gasteiger partial charge in [0.1, 0.15) is 27.5 Å². The molecular formula is C21H26N6O3S. The summed E-state index contributed by atoms with van der Waals surface area (Å²) in [6.45, 7) is 5.57. The summed E-state index contributed by atoms with van der Waals surface area (Å²) in [5.41, 5.74) is 0.826. The molecule has 0 radical (unpaired) electrons. The Labute approximate surface area is 184 Å². The smallest absolute Gasteiger partial charge is 0.263 e. The van der Waals surface area contributed by atoms with Crippen molar-refractivity contribution in [2.75, 3.05) is 33.8 Å². The van der Waals surface area contributed by atoms with Crippen molar-refractivity contribution in [2.24, 2.45) is 0 Å². The standard InChI is InChI=1S/C21H26N6O3S/c1-13-23-14(2)27(24-13)9-7-17(28)26-10-11-30-16(12-26)18-15-6-5-8-22-20(15)31-19(18)21(29)25(3)4/h5-6,8,16H,7,9-12H2,1-4H3. The predicted molar refractivity (Wildman–Crippen MR) is 117 cm³/mol. The number of ether oxygens (including phenoxy) is 1. The van der Waals surface area contributed by atoms with E-state index in [-0.39, 0.29) is 17.9 Å². The van der Waals surface area contributed by atoms with Gasteiger partial charge in [-0.2, -0.15) is 5.10 Å². The number of rotatable bonds is 5. The maximum absolute atomic E-state index is 12.9. The third kappa shape index (κ3) is 4.31. The first kappa shape index (κ1) is 21.4. The normalized spacial score (nSPS) is 16.6. The van der Waals surface area contributed by atoms with Gasteiger partial charge in [0.25, 0.3) is 5.91 Å². The number of thiophene rings is 1. The first-order chi connectivity index (χ1) is 14.8. The summed E-state index contributed by atoms with van der Waals surface area (Å²) >= 11 is 1.37. The van der Waals surface area contributed by atoms with E-state index in [4.69, 9.17) is 4.74 Å². The van der Waals surface area contributed by atoms with E-state index in [1.54, 1.807) is 29.9 Å². The van der Waals surface area contributed by atoms with Crippen LogP contribution in [0.2, 0.25) is 0 Å².